The standard InChI is InChI=1S/C27H24BrN3O4/c1-34-24-14-13-20(17-25(24)35-2)16-23(30-26(32)21-11-7-4-8-12-21)27(33)31-29-18-22(28)15-19-9-5-3-6-10-19/h3-18H,1-2H3,(H,30,32)(H,31,33)/b22-15-,23-16+,29-18+. The van der Waals surface area contributed by atoms with Crippen LogP contribution in [0.2, 0.25) is 0 Å². The van der Waals surface area contributed by atoms with Crippen molar-refractivity contribution in [2.45, 2.75) is 0 Å². The van der Waals surface area contributed by atoms with Gasteiger partial charge in [0, 0.05) is 10.0 Å². The molecule has 178 valence electrons. The number of amides is 2. The van der Waals surface area contributed by atoms with Gasteiger partial charge in [0.1, 0.15) is 5.70 Å². The second-order valence-electron chi connectivity index (χ2n) is 7.13. The Labute approximate surface area is 212 Å². The molecule has 2 N–H and O–H groups in total. The fraction of sp³-hybridized carbons (Fsp3) is 0.0741. The molecule has 0 fully saturated rings. The van der Waals surface area contributed by atoms with E-state index in [2.05, 4.69) is 31.8 Å². The van der Waals surface area contributed by atoms with Crippen molar-refractivity contribution in [3.05, 3.63) is 106 Å². The van der Waals surface area contributed by atoms with Crippen LogP contribution in [0.15, 0.2) is 94.1 Å². The molecule has 0 spiro atoms. The van der Waals surface area contributed by atoms with E-state index < -0.39 is 11.8 Å². The first-order chi connectivity index (χ1) is 17.0. The number of carbonyl (C=O) groups is 2. The van der Waals surface area contributed by atoms with E-state index >= 15 is 0 Å². The summed E-state index contributed by atoms with van der Waals surface area (Å²) in [6.07, 6.45) is 4.84. The van der Waals surface area contributed by atoms with E-state index in [4.69, 9.17) is 9.47 Å². The SMILES string of the molecule is COc1ccc(/C=C(/NC(=O)c2ccccc2)C(=O)N/N=C/C(Br)=C/c2ccccc2)cc1OC. The van der Waals surface area contributed by atoms with E-state index in [9.17, 15) is 9.59 Å². The topological polar surface area (TPSA) is 89.0 Å². The van der Waals surface area contributed by atoms with Crippen molar-refractivity contribution < 1.29 is 19.1 Å². The molecule has 0 unspecified atom stereocenters. The lowest BCUT2D eigenvalue weighted by atomic mass is 10.1. The highest BCUT2D eigenvalue weighted by Gasteiger charge is 2.15. The molecule has 0 radical (unpaired) electrons. The highest BCUT2D eigenvalue weighted by Crippen LogP contribution is 2.28. The number of hydrazone groups is 1. The Kier molecular flexibility index (Phi) is 9.39. The molecule has 3 aromatic carbocycles. The molecule has 0 aromatic heterocycles. The Morgan fingerprint density at radius 2 is 1.49 bits per heavy atom. The third-order valence-electron chi connectivity index (χ3n) is 4.71. The van der Waals surface area contributed by atoms with E-state index in [1.807, 2.05) is 36.4 Å². The number of benzene rings is 3. The Morgan fingerprint density at radius 3 is 2.14 bits per heavy atom. The van der Waals surface area contributed by atoms with Crippen LogP contribution in [0.4, 0.5) is 0 Å². The minimum absolute atomic E-state index is 0.00591. The maximum Gasteiger partial charge on any atom is 0.287 e. The summed E-state index contributed by atoms with van der Waals surface area (Å²) in [5.74, 6) is 0.00829. The highest BCUT2D eigenvalue weighted by molar-refractivity contribution is 9.12. The molecule has 0 atom stereocenters. The average Bonchev–Trinajstić information content (AvgIpc) is 2.89. The van der Waals surface area contributed by atoms with Crippen LogP contribution in [0.5, 0.6) is 11.5 Å². The highest BCUT2D eigenvalue weighted by atomic mass is 79.9. The number of nitrogens with one attached hydrogen (secondary N) is 2. The van der Waals surface area contributed by atoms with Gasteiger partial charge in [0.05, 0.1) is 20.4 Å². The van der Waals surface area contributed by atoms with Crippen LogP contribution < -0.4 is 20.2 Å². The largest absolute Gasteiger partial charge is 0.493 e. The van der Waals surface area contributed by atoms with Gasteiger partial charge in [-0.2, -0.15) is 5.10 Å². The molecular weight excluding hydrogens is 510 g/mol. The van der Waals surface area contributed by atoms with Crippen LogP contribution in [0.3, 0.4) is 0 Å². The minimum atomic E-state index is -0.597. The zero-order valence-corrected chi connectivity index (χ0v) is 20.8. The third-order valence-corrected chi connectivity index (χ3v) is 5.14. The lowest BCUT2D eigenvalue weighted by molar-refractivity contribution is -0.117. The number of nitrogens with zero attached hydrogens (tertiary/aromatic N) is 1. The van der Waals surface area contributed by atoms with Gasteiger partial charge in [0.2, 0.25) is 0 Å². The van der Waals surface area contributed by atoms with Crippen LogP contribution in [-0.2, 0) is 4.79 Å². The number of methoxy groups -OCH3 is 2. The summed E-state index contributed by atoms with van der Waals surface area (Å²) >= 11 is 3.41. The van der Waals surface area contributed by atoms with Gasteiger partial charge >= 0.3 is 0 Å². The molecule has 2 amide bonds. The fourth-order valence-electron chi connectivity index (χ4n) is 3.01. The Hall–Kier alpha value is -4.17. The van der Waals surface area contributed by atoms with Crippen molar-refractivity contribution in [3.63, 3.8) is 0 Å². The molecule has 7 nitrogen and oxygen atoms in total. The molecule has 0 aliphatic carbocycles. The van der Waals surface area contributed by atoms with Gasteiger partial charge in [-0.3, -0.25) is 9.59 Å². The molecule has 0 saturated carbocycles. The number of ether oxygens (including phenoxy) is 2. The number of rotatable bonds is 9. The second-order valence-corrected chi connectivity index (χ2v) is 8.05. The van der Waals surface area contributed by atoms with Crippen LogP contribution in [-0.4, -0.2) is 32.2 Å². The van der Waals surface area contributed by atoms with Gasteiger partial charge in [0.25, 0.3) is 11.8 Å². The molecule has 3 rings (SSSR count). The van der Waals surface area contributed by atoms with Crippen LogP contribution in [0.25, 0.3) is 12.2 Å². The second kappa shape index (κ2) is 12.9. The maximum absolute atomic E-state index is 12.9. The van der Waals surface area contributed by atoms with E-state index in [1.165, 1.54) is 26.5 Å². The smallest absolute Gasteiger partial charge is 0.287 e. The normalized spacial score (nSPS) is 11.7. The van der Waals surface area contributed by atoms with Crippen molar-refractivity contribution in [3.8, 4) is 11.5 Å². The minimum Gasteiger partial charge on any atom is -0.493 e. The number of halogens is 1. The summed E-state index contributed by atoms with van der Waals surface area (Å²) in [6, 6.07) is 23.4. The first-order valence-corrected chi connectivity index (χ1v) is 11.3. The molecule has 3 aromatic rings. The molecule has 0 heterocycles. The first kappa shape index (κ1) is 25.5. The van der Waals surface area contributed by atoms with Gasteiger partial charge in [-0.05, 0) is 63.5 Å². The molecule has 0 aliphatic rings. The van der Waals surface area contributed by atoms with Gasteiger partial charge in [-0.1, -0.05) is 54.6 Å². The maximum atomic E-state index is 12.9. The first-order valence-electron chi connectivity index (χ1n) is 10.6. The summed E-state index contributed by atoms with van der Waals surface area (Å²) in [5.41, 5.74) is 4.46. The Balaban J connectivity index is 1.83. The van der Waals surface area contributed by atoms with Gasteiger partial charge < -0.3 is 14.8 Å². The molecule has 0 aliphatic heterocycles. The van der Waals surface area contributed by atoms with Crippen molar-refractivity contribution in [1.82, 2.24) is 10.7 Å². The van der Waals surface area contributed by atoms with Crippen molar-refractivity contribution in [2.24, 2.45) is 5.10 Å². The fourth-order valence-corrected chi connectivity index (χ4v) is 3.38. The van der Waals surface area contributed by atoms with E-state index in [0.29, 0.717) is 27.1 Å². The zero-order chi connectivity index (χ0) is 25.0. The summed E-state index contributed by atoms with van der Waals surface area (Å²) in [5, 5.41) is 6.66. The van der Waals surface area contributed by atoms with Crippen molar-refractivity contribution >= 4 is 46.1 Å². The van der Waals surface area contributed by atoms with Crippen molar-refractivity contribution in [1.29, 1.82) is 0 Å². The summed E-state index contributed by atoms with van der Waals surface area (Å²) in [7, 11) is 3.06. The van der Waals surface area contributed by atoms with Gasteiger partial charge in [-0.15, -0.1) is 0 Å². The average molecular weight is 534 g/mol. The molecule has 0 bridgehead atoms. The molecule has 0 saturated heterocycles. The molecule has 8 heteroatoms. The predicted molar refractivity (Wildman–Crippen MR) is 141 cm³/mol. The lowest BCUT2D eigenvalue weighted by Gasteiger charge is -2.11. The quantitative estimate of drug-likeness (QED) is 0.230. The lowest BCUT2D eigenvalue weighted by Crippen LogP contribution is -2.32. The monoisotopic (exact) mass is 533 g/mol. The van der Waals surface area contributed by atoms with Crippen molar-refractivity contribution in [2.75, 3.05) is 14.2 Å². The zero-order valence-electron chi connectivity index (χ0n) is 19.2. The van der Waals surface area contributed by atoms with Gasteiger partial charge in [0.15, 0.2) is 11.5 Å². The molecular formula is C27H24BrN3O4. The summed E-state index contributed by atoms with van der Waals surface area (Å²) in [4.78, 5) is 25.7. The van der Waals surface area contributed by atoms with Crippen LogP contribution in [0, 0.1) is 0 Å². The predicted octanol–water partition coefficient (Wildman–Crippen LogP) is 5.01. The van der Waals surface area contributed by atoms with Crippen LogP contribution in [0.1, 0.15) is 21.5 Å². The summed E-state index contributed by atoms with van der Waals surface area (Å²) < 4.78 is 11.2. The van der Waals surface area contributed by atoms with E-state index in [0.717, 1.165) is 5.56 Å². The Morgan fingerprint density at radius 1 is 0.829 bits per heavy atom. The third kappa shape index (κ3) is 7.68. The van der Waals surface area contributed by atoms with Gasteiger partial charge in [-0.25, -0.2) is 5.43 Å². The van der Waals surface area contributed by atoms with E-state index in [-0.39, 0.29) is 5.70 Å². The summed E-state index contributed by atoms with van der Waals surface area (Å²) in [6.45, 7) is 0. The number of hydrogen-bond acceptors (Lipinski definition) is 5. The number of hydrogen-bond donors (Lipinski definition) is 2. The number of carbonyl (C=O) groups excluding carboxylic acids is 2. The molecule has 35 heavy (non-hydrogen) atoms. The number of allylic oxidation sites excluding steroid dienone is 1. The van der Waals surface area contributed by atoms with Crippen LogP contribution >= 0.6 is 15.9 Å². The Bertz CT molecular complexity index is 1260. The van der Waals surface area contributed by atoms with E-state index in [1.54, 1.807) is 48.5 Å².